The normalized spacial score (nSPS) is 12.8. The molecule has 0 bridgehead atoms. The van der Waals surface area contributed by atoms with Gasteiger partial charge in [0.25, 0.3) is 0 Å². The zero-order chi connectivity index (χ0) is 61.3. The molecule has 6 heteroatoms. The van der Waals surface area contributed by atoms with Gasteiger partial charge in [-0.2, -0.15) is 0 Å². The van der Waals surface area contributed by atoms with E-state index in [4.69, 9.17) is 4.74 Å². The van der Waals surface area contributed by atoms with Gasteiger partial charge in [0.05, 0.1) is 25.4 Å². The molecular formula is C79H147NO5. The summed E-state index contributed by atoms with van der Waals surface area (Å²) in [5, 5.41) is 23.2. The first-order valence-electron chi connectivity index (χ1n) is 38.1. The average molecular weight is 1190 g/mol. The third-order valence-electron chi connectivity index (χ3n) is 17.5. The molecule has 2 atom stereocenters. The van der Waals surface area contributed by atoms with E-state index in [0.717, 1.165) is 57.8 Å². The Hall–Kier alpha value is -2.44. The molecule has 0 saturated carbocycles. The summed E-state index contributed by atoms with van der Waals surface area (Å²) in [4.78, 5) is 24.6. The molecule has 0 aromatic heterocycles. The number of esters is 1. The molecule has 0 aromatic rings. The Kier molecular flexibility index (Phi) is 71.9. The predicted molar refractivity (Wildman–Crippen MR) is 375 cm³/mol. The lowest BCUT2D eigenvalue weighted by Crippen LogP contribution is -2.45. The molecule has 0 fully saturated rings. The molecule has 0 spiro atoms. The van der Waals surface area contributed by atoms with Crippen LogP contribution in [-0.4, -0.2) is 47.4 Å². The van der Waals surface area contributed by atoms with Crippen LogP contribution in [0.25, 0.3) is 0 Å². The maximum atomic E-state index is 12.5. The number of amides is 1. The Morgan fingerprint density at radius 3 is 0.929 bits per heavy atom. The molecule has 1 amide bonds. The zero-order valence-corrected chi connectivity index (χ0v) is 57.1. The number of ether oxygens (including phenoxy) is 1. The van der Waals surface area contributed by atoms with Gasteiger partial charge in [0.15, 0.2) is 0 Å². The number of nitrogens with one attached hydrogen (secondary N) is 1. The summed E-state index contributed by atoms with van der Waals surface area (Å²) < 4.78 is 5.48. The molecule has 498 valence electrons. The second kappa shape index (κ2) is 74.0. The molecule has 0 heterocycles. The van der Waals surface area contributed by atoms with Crippen molar-refractivity contribution in [2.24, 2.45) is 0 Å². The minimum Gasteiger partial charge on any atom is -0.466 e. The van der Waals surface area contributed by atoms with Crippen molar-refractivity contribution >= 4 is 11.9 Å². The van der Waals surface area contributed by atoms with Gasteiger partial charge in [-0.1, -0.05) is 364 Å². The predicted octanol–water partition coefficient (Wildman–Crippen LogP) is 25.0. The van der Waals surface area contributed by atoms with E-state index in [2.05, 4.69) is 67.8 Å². The number of allylic oxidation sites excluding steroid dienone is 9. The topological polar surface area (TPSA) is 95.9 Å². The van der Waals surface area contributed by atoms with Gasteiger partial charge in [-0.25, -0.2) is 0 Å². The monoisotopic (exact) mass is 1190 g/mol. The second-order valence-electron chi connectivity index (χ2n) is 26.0. The second-order valence-corrected chi connectivity index (χ2v) is 26.0. The Bertz CT molecular complexity index is 1470. The van der Waals surface area contributed by atoms with Crippen LogP contribution in [0.4, 0.5) is 0 Å². The van der Waals surface area contributed by atoms with Crippen LogP contribution in [0.2, 0.25) is 0 Å². The van der Waals surface area contributed by atoms with Gasteiger partial charge in [0, 0.05) is 12.8 Å². The minimum absolute atomic E-state index is 0.00538. The van der Waals surface area contributed by atoms with E-state index in [0.29, 0.717) is 19.4 Å². The highest BCUT2D eigenvalue weighted by Crippen LogP contribution is 2.19. The van der Waals surface area contributed by atoms with Gasteiger partial charge in [-0.15, -0.1) is 0 Å². The Balaban J connectivity index is 3.37. The zero-order valence-electron chi connectivity index (χ0n) is 57.1. The maximum Gasteiger partial charge on any atom is 0.305 e. The minimum atomic E-state index is -0.843. The van der Waals surface area contributed by atoms with E-state index >= 15 is 0 Å². The highest BCUT2D eigenvalue weighted by molar-refractivity contribution is 5.76. The van der Waals surface area contributed by atoms with Gasteiger partial charge in [-0.05, 0) is 89.9 Å². The van der Waals surface area contributed by atoms with Crippen molar-refractivity contribution in [1.29, 1.82) is 0 Å². The van der Waals surface area contributed by atoms with Crippen LogP contribution in [0.1, 0.15) is 406 Å². The first-order valence-corrected chi connectivity index (χ1v) is 38.1. The number of hydrogen-bond acceptors (Lipinski definition) is 5. The first kappa shape index (κ1) is 82.6. The lowest BCUT2D eigenvalue weighted by Gasteiger charge is -2.20. The highest BCUT2D eigenvalue weighted by Gasteiger charge is 2.18. The van der Waals surface area contributed by atoms with Crippen LogP contribution in [0, 0.1) is 0 Å². The number of carbonyl (C=O) groups is 2. The lowest BCUT2D eigenvalue weighted by atomic mass is 10.0. The molecule has 2 unspecified atom stereocenters. The van der Waals surface area contributed by atoms with Crippen LogP contribution in [0.15, 0.2) is 60.8 Å². The van der Waals surface area contributed by atoms with Gasteiger partial charge in [0.1, 0.15) is 0 Å². The molecule has 85 heavy (non-hydrogen) atoms. The smallest absolute Gasteiger partial charge is 0.305 e. The third-order valence-corrected chi connectivity index (χ3v) is 17.5. The largest absolute Gasteiger partial charge is 0.466 e. The van der Waals surface area contributed by atoms with Gasteiger partial charge in [0.2, 0.25) is 5.91 Å². The molecule has 0 aliphatic carbocycles. The van der Waals surface area contributed by atoms with Crippen molar-refractivity contribution in [1.82, 2.24) is 5.32 Å². The molecule has 0 saturated heterocycles. The Labute approximate surface area is 530 Å². The summed E-state index contributed by atoms with van der Waals surface area (Å²) in [6.45, 7) is 4.88. The van der Waals surface area contributed by atoms with Crippen LogP contribution >= 0.6 is 0 Å². The number of rotatable bonds is 71. The number of carbonyl (C=O) groups excluding carboxylic acids is 2. The van der Waals surface area contributed by atoms with Gasteiger partial charge >= 0.3 is 5.97 Å². The molecule has 0 aliphatic heterocycles. The SMILES string of the molecule is CCCC/C=C\C/C=C\CCCCCCCC(=O)OCCCCCCCCCCCCCCCCC/C=C\C/C=C\CCCCCCCCCCCCCCCCCCCC(=O)NC(CO)C(O)/C=C/CCCCCCCCCCCCCCC. The molecule has 0 rings (SSSR count). The molecular weight excluding hydrogens is 1040 g/mol. The third kappa shape index (κ3) is 70.5. The molecule has 0 aromatic carbocycles. The van der Waals surface area contributed by atoms with Crippen molar-refractivity contribution < 1.29 is 24.5 Å². The van der Waals surface area contributed by atoms with Crippen LogP contribution in [0.5, 0.6) is 0 Å². The van der Waals surface area contributed by atoms with Crippen molar-refractivity contribution in [3.8, 4) is 0 Å². The fourth-order valence-electron chi connectivity index (χ4n) is 11.7. The lowest BCUT2D eigenvalue weighted by molar-refractivity contribution is -0.143. The summed E-state index contributed by atoms with van der Waals surface area (Å²) >= 11 is 0. The van der Waals surface area contributed by atoms with Crippen LogP contribution in [0.3, 0.4) is 0 Å². The van der Waals surface area contributed by atoms with E-state index in [1.54, 1.807) is 6.08 Å². The highest BCUT2D eigenvalue weighted by atomic mass is 16.5. The van der Waals surface area contributed by atoms with Crippen molar-refractivity contribution in [2.75, 3.05) is 13.2 Å². The summed E-state index contributed by atoms with van der Waals surface area (Å²) in [6, 6.07) is -0.626. The maximum absolute atomic E-state index is 12.5. The summed E-state index contributed by atoms with van der Waals surface area (Å²) in [5.74, 6) is -0.0576. The molecule has 6 nitrogen and oxygen atoms in total. The van der Waals surface area contributed by atoms with Crippen molar-refractivity contribution in [2.45, 2.75) is 418 Å². The number of aliphatic hydroxyl groups excluding tert-OH is 2. The summed E-state index contributed by atoms with van der Waals surface area (Å²) in [5.41, 5.74) is 0. The number of aliphatic hydroxyl groups is 2. The Morgan fingerprint density at radius 1 is 0.329 bits per heavy atom. The fraction of sp³-hybridized carbons (Fsp3) is 0.848. The molecule has 0 aliphatic rings. The first-order chi connectivity index (χ1) is 42.0. The van der Waals surface area contributed by atoms with E-state index < -0.39 is 12.1 Å². The standard InChI is InChI=1S/C79H147NO5/c1-3-5-7-9-11-13-15-17-44-47-51-55-59-63-67-71-77(82)76(75-81)80-78(83)72-68-64-60-56-52-48-45-42-40-38-36-34-32-30-28-26-24-22-20-19-21-23-25-27-29-31-33-35-37-39-41-43-46-50-54-58-62-66-70-74-85-79(84)73-69-65-61-57-53-49-18-16-14-12-10-8-6-4-2/h10,12,16,18-20,23,25,67,71,76-77,81-82H,3-9,11,13-15,17,21-22,24,26-66,68-70,72-75H2,1-2H3,(H,80,83)/b12-10-,18-16-,20-19-,25-23-,71-67+. The van der Waals surface area contributed by atoms with Crippen molar-refractivity contribution in [3.63, 3.8) is 0 Å². The van der Waals surface area contributed by atoms with Crippen LogP contribution < -0.4 is 5.32 Å². The number of hydrogen-bond donors (Lipinski definition) is 3. The molecule has 3 N–H and O–H groups in total. The van der Waals surface area contributed by atoms with Gasteiger partial charge in [-0.3, -0.25) is 9.59 Å². The number of unbranched alkanes of at least 4 members (excludes halogenated alkanes) is 52. The summed E-state index contributed by atoms with van der Waals surface area (Å²) in [7, 11) is 0. The van der Waals surface area contributed by atoms with E-state index in [9.17, 15) is 19.8 Å². The quantitative estimate of drug-likeness (QED) is 0.0320. The van der Waals surface area contributed by atoms with E-state index in [1.807, 2.05) is 6.08 Å². The fourth-order valence-corrected chi connectivity index (χ4v) is 11.7. The molecule has 0 radical (unpaired) electrons. The average Bonchev–Trinajstić information content (AvgIpc) is 3.52. The summed E-state index contributed by atoms with van der Waals surface area (Å²) in [6.07, 6.45) is 99.1. The van der Waals surface area contributed by atoms with E-state index in [-0.39, 0.29) is 18.5 Å². The van der Waals surface area contributed by atoms with Crippen molar-refractivity contribution in [3.05, 3.63) is 60.8 Å². The van der Waals surface area contributed by atoms with E-state index in [1.165, 1.54) is 321 Å². The van der Waals surface area contributed by atoms with Crippen LogP contribution in [-0.2, 0) is 14.3 Å². The van der Waals surface area contributed by atoms with Gasteiger partial charge < -0.3 is 20.3 Å². The Morgan fingerprint density at radius 2 is 0.600 bits per heavy atom.